The minimum Gasteiger partial charge on any atom is -0.493 e. The zero-order chi connectivity index (χ0) is 28.2. The lowest BCUT2D eigenvalue weighted by atomic mass is 10.0. The third kappa shape index (κ3) is 5.80. The van der Waals surface area contributed by atoms with E-state index in [9.17, 15) is 4.79 Å². The molecule has 9 heteroatoms. The van der Waals surface area contributed by atoms with Gasteiger partial charge in [-0.05, 0) is 70.1 Å². The molecule has 0 atom stereocenters. The summed E-state index contributed by atoms with van der Waals surface area (Å²) >= 11 is 2.19. The number of halogens is 1. The highest BCUT2D eigenvalue weighted by atomic mass is 127. The van der Waals surface area contributed by atoms with Gasteiger partial charge < -0.3 is 18.9 Å². The molecule has 204 valence electrons. The van der Waals surface area contributed by atoms with Crippen molar-refractivity contribution >= 4 is 45.6 Å². The summed E-state index contributed by atoms with van der Waals surface area (Å²) in [6, 6.07) is 28.5. The topological polar surface area (TPSA) is 91.3 Å². The second-order valence-electron chi connectivity index (χ2n) is 9.15. The van der Waals surface area contributed by atoms with Crippen molar-refractivity contribution in [1.29, 1.82) is 0 Å². The predicted octanol–water partition coefficient (Wildman–Crippen LogP) is 6.59. The number of rotatable bonds is 8. The number of methoxy groups -OCH3 is 1. The first-order chi connectivity index (χ1) is 20.1. The Bertz CT molecular complexity index is 1780. The normalized spacial score (nSPS) is 12.0. The number of ether oxygens (including phenoxy) is 4. The molecule has 41 heavy (non-hydrogen) atoms. The van der Waals surface area contributed by atoms with Gasteiger partial charge in [0, 0.05) is 10.9 Å². The molecule has 1 aromatic heterocycles. The number of fused-ring (bicyclic) bond motifs is 2. The van der Waals surface area contributed by atoms with Crippen LogP contribution in [0, 0.1) is 3.57 Å². The fourth-order valence-electron chi connectivity index (χ4n) is 4.49. The van der Waals surface area contributed by atoms with Gasteiger partial charge in [-0.15, -0.1) is 0 Å². The number of hydrogen-bond donors (Lipinski definition) is 1. The zero-order valence-corrected chi connectivity index (χ0v) is 24.1. The molecule has 0 bridgehead atoms. The Morgan fingerprint density at radius 2 is 1.80 bits per heavy atom. The number of nitrogens with one attached hydrogen (secondary N) is 1. The van der Waals surface area contributed by atoms with Crippen LogP contribution in [0.25, 0.3) is 22.2 Å². The van der Waals surface area contributed by atoms with E-state index in [1.807, 2.05) is 84.9 Å². The first-order valence-electron chi connectivity index (χ1n) is 12.8. The molecular formula is C32H24IN3O5. The van der Waals surface area contributed by atoms with Crippen molar-refractivity contribution in [3.05, 3.63) is 111 Å². The summed E-state index contributed by atoms with van der Waals surface area (Å²) in [7, 11) is 1.58. The summed E-state index contributed by atoms with van der Waals surface area (Å²) in [6.07, 6.45) is 1.58. The van der Waals surface area contributed by atoms with Crippen molar-refractivity contribution in [2.24, 2.45) is 5.10 Å². The maximum absolute atomic E-state index is 13.3. The van der Waals surface area contributed by atoms with E-state index in [-0.39, 0.29) is 12.7 Å². The standard InChI is InChI=1S/C32H24IN3O5/c1-38-30-15-21(13-25(33)31(30)39-18-20-11-12-28-29(14-20)41-19-40-28)17-34-36-32(37)24-16-27(22-7-3-2-4-8-22)35-26-10-6-5-9-23(24)26/h2-17H,18-19H2,1H3,(H,36,37)/b34-17+. The van der Waals surface area contributed by atoms with Crippen molar-refractivity contribution in [1.82, 2.24) is 10.4 Å². The molecule has 6 rings (SSSR count). The Morgan fingerprint density at radius 1 is 1.00 bits per heavy atom. The number of benzene rings is 4. The van der Waals surface area contributed by atoms with Crippen LogP contribution in [0.1, 0.15) is 21.5 Å². The minimum atomic E-state index is -0.331. The molecule has 0 saturated carbocycles. The molecule has 0 aliphatic carbocycles. The number of hydrazone groups is 1. The Hall–Kier alpha value is -4.64. The van der Waals surface area contributed by atoms with Crippen molar-refractivity contribution in [2.45, 2.75) is 6.61 Å². The van der Waals surface area contributed by atoms with Crippen molar-refractivity contribution in [2.75, 3.05) is 13.9 Å². The van der Waals surface area contributed by atoms with Gasteiger partial charge in [0.25, 0.3) is 5.91 Å². The van der Waals surface area contributed by atoms with Gasteiger partial charge in [-0.3, -0.25) is 4.79 Å². The van der Waals surface area contributed by atoms with Crippen LogP contribution >= 0.6 is 22.6 Å². The maximum atomic E-state index is 13.3. The Kier molecular flexibility index (Phi) is 7.68. The summed E-state index contributed by atoms with van der Waals surface area (Å²) in [6.45, 7) is 0.556. The predicted molar refractivity (Wildman–Crippen MR) is 165 cm³/mol. The number of aromatic nitrogens is 1. The van der Waals surface area contributed by atoms with Gasteiger partial charge in [-0.25, -0.2) is 10.4 Å². The molecule has 0 fully saturated rings. The van der Waals surface area contributed by atoms with Gasteiger partial charge in [0.05, 0.1) is 33.7 Å². The molecule has 0 spiro atoms. The second kappa shape index (κ2) is 11.8. The van der Waals surface area contributed by atoms with Crippen LogP contribution < -0.4 is 24.4 Å². The first-order valence-corrected chi connectivity index (χ1v) is 13.8. The van der Waals surface area contributed by atoms with E-state index in [0.717, 1.165) is 36.9 Å². The number of carbonyl (C=O) groups excluding carboxylic acids is 1. The van der Waals surface area contributed by atoms with E-state index in [1.165, 1.54) is 0 Å². The molecule has 1 aliphatic heterocycles. The molecule has 2 heterocycles. The van der Waals surface area contributed by atoms with Crippen LogP contribution in [0.2, 0.25) is 0 Å². The second-order valence-corrected chi connectivity index (χ2v) is 10.3. The quantitative estimate of drug-likeness (QED) is 0.115. The van der Waals surface area contributed by atoms with E-state index in [0.29, 0.717) is 35.1 Å². The molecule has 4 aromatic carbocycles. The lowest BCUT2D eigenvalue weighted by molar-refractivity contribution is 0.0956. The van der Waals surface area contributed by atoms with E-state index < -0.39 is 0 Å². The van der Waals surface area contributed by atoms with Crippen LogP contribution in [0.4, 0.5) is 0 Å². The van der Waals surface area contributed by atoms with Crippen molar-refractivity contribution < 1.29 is 23.7 Å². The van der Waals surface area contributed by atoms with Crippen LogP contribution in [0.5, 0.6) is 23.0 Å². The Labute approximate surface area is 250 Å². The molecule has 1 aliphatic rings. The summed E-state index contributed by atoms with van der Waals surface area (Å²) in [4.78, 5) is 18.0. The van der Waals surface area contributed by atoms with Crippen molar-refractivity contribution in [3.8, 4) is 34.3 Å². The molecule has 5 aromatic rings. The maximum Gasteiger partial charge on any atom is 0.272 e. The molecule has 0 saturated heterocycles. The highest BCUT2D eigenvalue weighted by molar-refractivity contribution is 14.1. The fraction of sp³-hybridized carbons (Fsp3) is 0.0938. The summed E-state index contributed by atoms with van der Waals surface area (Å²) in [5, 5.41) is 4.98. The van der Waals surface area contributed by atoms with Gasteiger partial charge in [0.1, 0.15) is 6.61 Å². The number of pyridine rings is 1. The van der Waals surface area contributed by atoms with Gasteiger partial charge in [-0.1, -0.05) is 54.6 Å². The largest absolute Gasteiger partial charge is 0.493 e. The molecule has 0 unspecified atom stereocenters. The summed E-state index contributed by atoms with van der Waals surface area (Å²) in [5.41, 5.74) is 7.22. The Morgan fingerprint density at radius 3 is 2.66 bits per heavy atom. The third-order valence-corrected chi connectivity index (χ3v) is 7.28. The number of amides is 1. The van der Waals surface area contributed by atoms with Gasteiger partial charge in [0.15, 0.2) is 23.0 Å². The van der Waals surface area contributed by atoms with Crippen LogP contribution in [-0.2, 0) is 6.61 Å². The zero-order valence-electron chi connectivity index (χ0n) is 22.0. The first kappa shape index (κ1) is 26.6. The molecule has 8 nitrogen and oxygen atoms in total. The molecule has 1 N–H and O–H groups in total. The lowest BCUT2D eigenvalue weighted by Gasteiger charge is -2.14. The van der Waals surface area contributed by atoms with Gasteiger partial charge in [0.2, 0.25) is 6.79 Å². The van der Waals surface area contributed by atoms with Crippen LogP contribution in [0.15, 0.2) is 96.1 Å². The lowest BCUT2D eigenvalue weighted by Crippen LogP contribution is -2.18. The Balaban J connectivity index is 1.19. The smallest absolute Gasteiger partial charge is 0.272 e. The third-order valence-electron chi connectivity index (χ3n) is 6.48. The van der Waals surface area contributed by atoms with E-state index in [4.69, 9.17) is 23.9 Å². The minimum absolute atomic E-state index is 0.225. The van der Waals surface area contributed by atoms with E-state index >= 15 is 0 Å². The molecule has 0 radical (unpaired) electrons. The number of carbonyl (C=O) groups is 1. The number of para-hydroxylation sites is 1. The van der Waals surface area contributed by atoms with Gasteiger partial charge >= 0.3 is 0 Å². The summed E-state index contributed by atoms with van der Waals surface area (Å²) in [5.74, 6) is 2.27. The van der Waals surface area contributed by atoms with E-state index in [1.54, 1.807) is 19.4 Å². The molecule has 1 amide bonds. The van der Waals surface area contributed by atoms with Crippen LogP contribution in [0.3, 0.4) is 0 Å². The average Bonchev–Trinajstić information content (AvgIpc) is 3.48. The number of nitrogens with zero attached hydrogens (tertiary/aromatic N) is 2. The number of hydrogen-bond acceptors (Lipinski definition) is 7. The van der Waals surface area contributed by atoms with Crippen molar-refractivity contribution in [3.63, 3.8) is 0 Å². The molecular weight excluding hydrogens is 633 g/mol. The SMILES string of the molecule is COc1cc(/C=N/NC(=O)c2cc(-c3ccccc3)nc3ccccc23)cc(I)c1OCc1ccc2c(c1)OCO2. The summed E-state index contributed by atoms with van der Waals surface area (Å²) < 4.78 is 23.4. The average molecular weight is 657 g/mol. The highest BCUT2D eigenvalue weighted by Gasteiger charge is 2.16. The van der Waals surface area contributed by atoms with Crippen LogP contribution in [-0.4, -0.2) is 31.0 Å². The van der Waals surface area contributed by atoms with Gasteiger partial charge in [-0.2, -0.15) is 5.10 Å². The monoisotopic (exact) mass is 657 g/mol. The van der Waals surface area contributed by atoms with E-state index in [2.05, 4.69) is 33.1 Å². The fourth-order valence-corrected chi connectivity index (χ4v) is 5.27. The highest BCUT2D eigenvalue weighted by Crippen LogP contribution is 2.36.